The second kappa shape index (κ2) is 6.02. The number of aliphatic hydroxyl groups is 1. The minimum Gasteiger partial charge on any atom is -0.389 e. The average molecular weight is 263 g/mol. The van der Waals surface area contributed by atoms with Crippen LogP contribution in [0.25, 0.3) is 0 Å². The Morgan fingerprint density at radius 2 is 2.26 bits per heavy atom. The van der Waals surface area contributed by atoms with E-state index in [9.17, 15) is 9.90 Å². The van der Waals surface area contributed by atoms with Gasteiger partial charge in [-0.05, 0) is 43.4 Å². The van der Waals surface area contributed by atoms with E-state index in [-0.39, 0.29) is 5.91 Å². The van der Waals surface area contributed by atoms with E-state index < -0.39 is 6.10 Å². The smallest absolute Gasteiger partial charge is 0.217 e. The summed E-state index contributed by atoms with van der Waals surface area (Å²) in [4.78, 5) is 17.5. The first-order valence-corrected chi connectivity index (χ1v) is 6.73. The molecule has 19 heavy (non-hydrogen) atoms. The van der Waals surface area contributed by atoms with E-state index in [4.69, 9.17) is 5.73 Å². The van der Waals surface area contributed by atoms with Crippen LogP contribution in [0.1, 0.15) is 37.9 Å². The first-order chi connectivity index (χ1) is 9.06. The number of piperidine rings is 1. The van der Waals surface area contributed by atoms with E-state index in [2.05, 4.69) is 9.88 Å². The quantitative estimate of drug-likeness (QED) is 0.856. The highest BCUT2D eigenvalue weighted by Gasteiger charge is 2.21. The van der Waals surface area contributed by atoms with Crippen LogP contribution in [0.4, 0.5) is 5.82 Å². The van der Waals surface area contributed by atoms with Gasteiger partial charge in [0.25, 0.3) is 0 Å². The monoisotopic (exact) mass is 263 g/mol. The number of carbonyl (C=O) groups excluding carboxylic acids is 1. The van der Waals surface area contributed by atoms with Crippen molar-refractivity contribution >= 4 is 11.7 Å². The number of aliphatic hydroxyl groups excluding tert-OH is 1. The fraction of sp³-hybridized carbons (Fsp3) is 0.571. The highest BCUT2D eigenvalue weighted by atomic mass is 16.3. The topological polar surface area (TPSA) is 79.5 Å². The van der Waals surface area contributed by atoms with E-state index in [1.165, 1.54) is 0 Å². The number of pyridine rings is 1. The minimum absolute atomic E-state index is 0.215. The third-order valence-corrected chi connectivity index (χ3v) is 3.68. The number of rotatable bonds is 4. The number of nitrogens with two attached hydrogens (primary N) is 1. The number of amides is 1. The molecule has 0 saturated carbocycles. The van der Waals surface area contributed by atoms with Crippen LogP contribution >= 0.6 is 0 Å². The zero-order valence-corrected chi connectivity index (χ0v) is 11.2. The molecule has 1 amide bonds. The number of hydrogen-bond donors (Lipinski definition) is 2. The molecule has 1 aromatic rings. The summed E-state index contributed by atoms with van der Waals surface area (Å²) in [6.45, 7) is 3.51. The van der Waals surface area contributed by atoms with Gasteiger partial charge in [0.05, 0.1) is 6.10 Å². The molecular weight excluding hydrogens is 242 g/mol. The first kappa shape index (κ1) is 13.8. The molecule has 2 rings (SSSR count). The van der Waals surface area contributed by atoms with Gasteiger partial charge in [-0.3, -0.25) is 4.79 Å². The van der Waals surface area contributed by atoms with Crippen molar-refractivity contribution < 1.29 is 9.90 Å². The van der Waals surface area contributed by atoms with Crippen molar-refractivity contribution in [3.63, 3.8) is 0 Å². The summed E-state index contributed by atoms with van der Waals surface area (Å²) in [6.07, 6.45) is 3.66. The molecular formula is C14H21N3O2. The number of anilines is 1. The molecule has 2 heterocycles. The van der Waals surface area contributed by atoms with Gasteiger partial charge in [-0.1, -0.05) is 0 Å². The number of aromatic nitrogens is 1. The maximum Gasteiger partial charge on any atom is 0.217 e. The van der Waals surface area contributed by atoms with Crippen molar-refractivity contribution in [1.82, 2.24) is 4.98 Å². The van der Waals surface area contributed by atoms with Crippen molar-refractivity contribution in [3.05, 3.63) is 23.9 Å². The summed E-state index contributed by atoms with van der Waals surface area (Å²) in [5, 5.41) is 9.59. The van der Waals surface area contributed by atoms with Crippen LogP contribution in [0.2, 0.25) is 0 Å². The van der Waals surface area contributed by atoms with Crippen molar-refractivity contribution in [2.24, 2.45) is 11.7 Å². The van der Waals surface area contributed by atoms with Crippen molar-refractivity contribution in [1.29, 1.82) is 0 Å². The van der Waals surface area contributed by atoms with E-state index >= 15 is 0 Å². The molecule has 0 spiro atoms. The molecule has 0 aromatic carbocycles. The van der Waals surface area contributed by atoms with Crippen molar-refractivity contribution in [3.8, 4) is 0 Å². The lowest BCUT2D eigenvalue weighted by Crippen LogP contribution is -2.35. The van der Waals surface area contributed by atoms with Gasteiger partial charge in [0, 0.05) is 25.7 Å². The lowest BCUT2D eigenvalue weighted by atomic mass is 9.93. The lowest BCUT2D eigenvalue weighted by Gasteiger charge is -2.32. The zero-order valence-electron chi connectivity index (χ0n) is 11.2. The number of nitrogens with zero attached hydrogens (tertiary/aromatic N) is 2. The van der Waals surface area contributed by atoms with Crippen molar-refractivity contribution in [2.75, 3.05) is 18.0 Å². The van der Waals surface area contributed by atoms with Crippen LogP contribution in [0.15, 0.2) is 18.3 Å². The predicted octanol–water partition coefficient (Wildman–Crippen LogP) is 1.23. The zero-order chi connectivity index (χ0) is 13.8. The molecule has 3 N–H and O–H groups in total. The second-order valence-corrected chi connectivity index (χ2v) is 5.22. The average Bonchev–Trinajstić information content (AvgIpc) is 2.39. The van der Waals surface area contributed by atoms with Crippen LogP contribution in [-0.4, -0.2) is 29.1 Å². The predicted molar refractivity (Wildman–Crippen MR) is 73.6 cm³/mol. The molecule has 5 nitrogen and oxygen atoms in total. The molecule has 0 unspecified atom stereocenters. The van der Waals surface area contributed by atoms with Crippen LogP contribution in [0.3, 0.4) is 0 Å². The molecule has 104 valence electrons. The summed E-state index contributed by atoms with van der Waals surface area (Å²) in [6, 6.07) is 3.76. The maximum atomic E-state index is 10.9. The second-order valence-electron chi connectivity index (χ2n) is 5.22. The molecule has 1 saturated heterocycles. The van der Waals surface area contributed by atoms with Gasteiger partial charge in [0.1, 0.15) is 5.82 Å². The van der Waals surface area contributed by atoms with Crippen LogP contribution in [0, 0.1) is 5.92 Å². The van der Waals surface area contributed by atoms with Gasteiger partial charge >= 0.3 is 0 Å². The normalized spacial score (nSPS) is 18.3. The van der Waals surface area contributed by atoms with E-state index in [1.54, 1.807) is 13.1 Å². The molecule has 1 fully saturated rings. The number of primary amides is 1. The maximum absolute atomic E-state index is 10.9. The summed E-state index contributed by atoms with van der Waals surface area (Å²) in [5.74, 6) is 1.08. The lowest BCUT2D eigenvalue weighted by molar-refractivity contribution is -0.119. The molecule has 5 heteroatoms. The fourth-order valence-electron chi connectivity index (χ4n) is 2.52. The highest BCUT2D eigenvalue weighted by Crippen LogP contribution is 2.25. The third-order valence-electron chi connectivity index (χ3n) is 3.68. The highest BCUT2D eigenvalue weighted by molar-refractivity contribution is 5.74. The van der Waals surface area contributed by atoms with Crippen LogP contribution < -0.4 is 10.6 Å². The molecule has 1 aliphatic rings. The number of hydrogen-bond acceptors (Lipinski definition) is 4. The van der Waals surface area contributed by atoms with Gasteiger partial charge in [-0.2, -0.15) is 0 Å². The molecule has 1 aromatic heterocycles. The Morgan fingerprint density at radius 1 is 1.58 bits per heavy atom. The Labute approximate surface area is 113 Å². The Hall–Kier alpha value is -1.62. The molecule has 1 atom stereocenters. The Kier molecular flexibility index (Phi) is 4.37. The van der Waals surface area contributed by atoms with E-state index in [0.29, 0.717) is 12.3 Å². The summed E-state index contributed by atoms with van der Waals surface area (Å²) >= 11 is 0. The van der Waals surface area contributed by atoms with E-state index in [1.807, 2.05) is 12.1 Å². The standard InChI is InChI=1S/C14H21N3O2/c1-10(18)12-2-5-16-14(9-12)17-6-3-11(4-7-17)8-13(15)19/h2,5,9-11,18H,3-4,6-8H2,1H3,(H2,15,19)/t10-/m0/s1. The van der Waals surface area contributed by atoms with Gasteiger partial charge in [0.2, 0.25) is 5.91 Å². The third kappa shape index (κ3) is 3.67. The summed E-state index contributed by atoms with van der Waals surface area (Å²) in [7, 11) is 0. The first-order valence-electron chi connectivity index (χ1n) is 6.73. The van der Waals surface area contributed by atoms with Gasteiger partial charge < -0.3 is 15.7 Å². The fourth-order valence-corrected chi connectivity index (χ4v) is 2.52. The van der Waals surface area contributed by atoms with E-state index in [0.717, 1.165) is 37.3 Å². The Balaban J connectivity index is 1.97. The van der Waals surface area contributed by atoms with Gasteiger partial charge in [-0.25, -0.2) is 4.98 Å². The minimum atomic E-state index is -0.478. The molecule has 0 bridgehead atoms. The number of carbonyl (C=O) groups is 1. The summed E-state index contributed by atoms with van der Waals surface area (Å²) in [5.41, 5.74) is 6.11. The van der Waals surface area contributed by atoms with Crippen LogP contribution in [-0.2, 0) is 4.79 Å². The molecule has 1 aliphatic heterocycles. The Bertz CT molecular complexity index is 440. The van der Waals surface area contributed by atoms with Crippen LogP contribution in [0.5, 0.6) is 0 Å². The van der Waals surface area contributed by atoms with Gasteiger partial charge in [-0.15, -0.1) is 0 Å². The SMILES string of the molecule is C[C@H](O)c1ccnc(N2CCC(CC(N)=O)CC2)c1. The summed E-state index contributed by atoms with van der Waals surface area (Å²) < 4.78 is 0. The molecule has 0 radical (unpaired) electrons. The van der Waals surface area contributed by atoms with Crippen molar-refractivity contribution in [2.45, 2.75) is 32.3 Å². The Morgan fingerprint density at radius 3 is 2.84 bits per heavy atom. The van der Waals surface area contributed by atoms with Gasteiger partial charge in [0.15, 0.2) is 0 Å². The largest absolute Gasteiger partial charge is 0.389 e. The molecule has 0 aliphatic carbocycles.